The molecule has 0 aliphatic rings. The summed E-state index contributed by atoms with van der Waals surface area (Å²) in [7, 11) is 0. The van der Waals surface area contributed by atoms with Gasteiger partial charge in [0.2, 0.25) is 0 Å². The Morgan fingerprint density at radius 3 is 1.00 bits per heavy atom. The summed E-state index contributed by atoms with van der Waals surface area (Å²) in [5.74, 6) is -1.85. The summed E-state index contributed by atoms with van der Waals surface area (Å²) in [5, 5.41) is 21.8. The molecule has 66 valence electrons. The number of aromatic nitrogens is 2. The van der Waals surface area contributed by atoms with Gasteiger partial charge in [0.05, 0.1) is 0 Å². The Labute approximate surface area is 67.1 Å². The number of rotatable bonds is 0. The Bertz CT molecular complexity index is 232. The minimum Gasteiger partial charge on any atom is -0.740 e. The molecule has 0 unspecified atom stereocenters. The number of hydrogen-bond donors (Lipinski definition) is 4. The van der Waals surface area contributed by atoms with Gasteiger partial charge in [0.25, 0.3) is 23.3 Å². The molecule has 0 aliphatic heterocycles. The quantitative estimate of drug-likeness (QED) is 0.246. The molecule has 12 heavy (non-hydrogen) atoms. The highest BCUT2D eigenvalue weighted by molar-refractivity contribution is 5.52. The second-order valence-corrected chi connectivity index (χ2v) is 2.13. The van der Waals surface area contributed by atoms with Gasteiger partial charge in [-0.1, -0.05) is 0 Å². The van der Waals surface area contributed by atoms with E-state index in [2.05, 4.69) is 0 Å². The first kappa shape index (κ1) is 7.98. The van der Waals surface area contributed by atoms with Crippen LogP contribution in [0.25, 0.3) is 0 Å². The largest absolute Gasteiger partial charge is 0.740 e. The van der Waals surface area contributed by atoms with E-state index in [0.717, 1.165) is 0 Å². The summed E-state index contributed by atoms with van der Waals surface area (Å²) in [6, 6.07) is 0. The molecule has 0 amide bonds. The van der Waals surface area contributed by atoms with Gasteiger partial charge >= 0.3 is 0 Å². The lowest BCUT2D eigenvalue weighted by molar-refractivity contribution is -0.622. The Balaban J connectivity index is 3.60. The summed E-state index contributed by atoms with van der Waals surface area (Å²) in [6.45, 7) is 0. The summed E-state index contributed by atoms with van der Waals surface area (Å²) >= 11 is 0. The Kier molecular flexibility index (Phi) is 1.45. The lowest BCUT2D eigenvalue weighted by Crippen LogP contribution is -2.46. The third-order valence-electron chi connectivity index (χ3n) is 1.40. The van der Waals surface area contributed by atoms with Crippen molar-refractivity contribution in [3.8, 4) is 0 Å². The number of hydrogen-bond acceptors (Lipinski definition) is 6. The summed E-state index contributed by atoms with van der Waals surface area (Å²) in [5.41, 5.74) is 20.5. The predicted octanol–water partition coefficient (Wildman–Crippen LogP) is -2.72. The van der Waals surface area contributed by atoms with Gasteiger partial charge in [0.15, 0.2) is 0 Å². The molecule has 1 aromatic rings. The molecule has 8 nitrogen and oxygen atoms in total. The van der Waals surface area contributed by atoms with Gasteiger partial charge in [0, 0.05) is 0 Å². The standard InChI is InChI=1S/C4H8N6O2/c5-1-2(6)10(12)4(8)3(7)9(1)11/h5-8H2. The molecule has 1 rings (SSSR count). The van der Waals surface area contributed by atoms with Crippen LogP contribution < -0.4 is 32.4 Å². The van der Waals surface area contributed by atoms with Crippen LogP contribution in [0.4, 0.5) is 23.3 Å². The lowest BCUT2D eigenvalue weighted by Gasteiger charge is -2.16. The zero-order chi connectivity index (χ0) is 9.46. The minimum atomic E-state index is -0.461. The monoisotopic (exact) mass is 172 g/mol. The topological polar surface area (TPSA) is 158 Å². The first-order chi connectivity index (χ1) is 5.46. The van der Waals surface area contributed by atoms with E-state index < -0.39 is 23.3 Å². The van der Waals surface area contributed by atoms with Crippen LogP contribution >= 0.6 is 0 Å². The van der Waals surface area contributed by atoms with E-state index in [1.807, 2.05) is 0 Å². The molecule has 0 aromatic carbocycles. The summed E-state index contributed by atoms with van der Waals surface area (Å²) < 4.78 is 0.193. The number of nitrogens with two attached hydrogens (primary N) is 4. The minimum absolute atomic E-state index is 0.0963. The van der Waals surface area contributed by atoms with E-state index in [0.29, 0.717) is 0 Å². The predicted molar refractivity (Wildman–Crippen MR) is 42.0 cm³/mol. The van der Waals surface area contributed by atoms with E-state index in [4.69, 9.17) is 22.9 Å². The van der Waals surface area contributed by atoms with Crippen molar-refractivity contribution in [2.24, 2.45) is 0 Å². The van der Waals surface area contributed by atoms with Crippen molar-refractivity contribution in [1.82, 2.24) is 0 Å². The molecule has 0 saturated carbocycles. The molecule has 0 saturated heterocycles. The maximum absolute atomic E-state index is 10.9. The average molecular weight is 172 g/mol. The Hall–Kier alpha value is -2.12. The average Bonchev–Trinajstić information content (AvgIpc) is 2.08. The zero-order valence-electron chi connectivity index (χ0n) is 6.02. The van der Waals surface area contributed by atoms with Crippen LogP contribution in [0.3, 0.4) is 0 Å². The van der Waals surface area contributed by atoms with Crippen LogP contribution in [0.15, 0.2) is 0 Å². The molecule has 0 fully saturated rings. The van der Waals surface area contributed by atoms with Crippen molar-refractivity contribution in [3.63, 3.8) is 0 Å². The van der Waals surface area contributed by atoms with Gasteiger partial charge in [-0.05, 0) is 0 Å². The van der Waals surface area contributed by atoms with Crippen LogP contribution in [0.2, 0.25) is 0 Å². The van der Waals surface area contributed by atoms with E-state index in [9.17, 15) is 10.4 Å². The zero-order valence-corrected chi connectivity index (χ0v) is 6.02. The Morgan fingerprint density at radius 1 is 0.667 bits per heavy atom. The highest BCUT2D eigenvalue weighted by atomic mass is 16.5. The molecule has 8 N–H and O–H groups in total. The Morgan fingerprint density at radius 2 is 0.833 bits per heavy atom. The van der Waals surface area contributed by atoms with E-state index in [1.165, 1.54) is 0 Å². The van der Waals surface area contributed by atoms with Gasteiger partial charge < -0.3 is 33.3 Å². The van der Waals surface area contributed by atoms with Crippen LogP contribution in [-0.2, 0) is 0 Å². The molecular formula is C4H8N6O2. The van der Waals surface area contributed by atoms with Crippen molar-refractivity contribution in [2.45, 2.75) is 0 Å². The first-order valence-corrected chi connectivity index (χ1v) is 2.91. The van der Waals surface area contributed by atoms with Gasteiger partial charge in [-0.2, -0.15) is 0 Å². The third kappa shape index (κ3) is 0.779. The lowest BCUT2D eigenvalue weighted by atomic mass is 10.5. The SMILES string of the molecule is Nc1c(N)[n+]([O-])c(N)c(N)[n+]1[O-]. The molecule has 0 spiro atoms. The van der Waals surface area contributed by atoms with E-state index in [1.54, 1.807) is 0 Å². The highest BCUT2D eigenvalue weighted by Crippen LogP contribution is 2.10. The van der Waals surface area contributed by atoms with Gasteiger partial charge in [0.1, 0.15) is 0 Å². The number of anilines is 4. The fourth-order valence-corrected chi connectivity index (χ4v) is 0.676. The van der Waals surface area contributed by atoms with Gasteiger partial charge in [-0.25, -0.2) is 9.46 Å². The number of nitrogen functional groups attached to an aromatic ring is 4. The molecule has 0 bridgehead atoms. The maximum Gasteiger partial charge on any atom is 0.294 e. The maximum atomic E-state index is 10.9. The highest BCUT2D eigenvalue weighted by Gasteiger charge is 2.17. The van der Waals surface area contributed by atoms with Crippen molar-refractivity contribution in [2.75, 3.05) is 22.9 Å². The fourth-order valence-electron chi connectivity index (χ4n) is 0.676. The van der Waals surface area contributed by atoms with Crippen LogP contribution in [0, 0.1) is 10.4 Å². The summed E-state index contributed by atoms with van der Waals surface area (Å²) in [6.07, 6.45) is 0. The molecule has 0 radical (unpaired) electrons. The first-order valence-electron chi connectivity index (χ1n) is 2.91. The van der Waals surface area contributed by atoms with Crippen molar-refractivity contribution in [3.05, 3.63) is 10.4 Å². The second-order valence-electron chi connectivity index (χ2n) is 2.13. The molecular weight excluding hydrogens is 164 g/mol. The normalized spacial score (nSPS) is 10.0. The van der Waals surface area contributed by atoms with E-state index in [-0.39, 0.29) is 9.46 Å². The smallest absolute Gasteiger partial charge is 0.294 e. The number of nitrogens with zero attached hydrogens (tertiary/aromatic N) is 2. The molecule has 8 heteroatoms. The fraction of sp³-hybridized carbons (Fsp3) is 0. The summed E-state index contributed by atoms with van der Waals surface area (Å²) in [4.78, 5) is 0. The molecule has 0 atom stereocenters. The van der Waals surface area contributed by atoms with Gasteiger partial charge in [-0.15, -0.1) is 0 Å². The second kappa shape index (κ2) is 2.19. The van der Waals surface area contributed by atoms with Crippen molar-refractivity contribution >= 4 is 23.3 Å². The van der Waals surface area contributed by atoms with Crippen molar-refractivity contribution in [1.29, 1.82) is 0 Å². The van der Waals surface area contributed by atoms with Crippen LogP contribution in [0.5, 0.6) is 0 Å². The van der Waals surface area contributed by atoms with Crippen LogP contribution in [0.1, 0.15) is 0 Å². The molecule has 1 aromatic heterocycles. The van der Waals surface area contributed by atoms with Gasteiger partial charge in [-0.3, -0.25) is 0 Å². The molecule has 0 aliphatic carbocycles. The third-order valence-corrected chi connectivity index (χ3v) is 1.40. The van der Waals surface area contributed by atoms with Crippen molar-refractivity contribution < 1.29 is 9.46 Å². The van der Waals surface area contributed by atoms with E-state index >= 15 is 0 Å². The van der Waals surface area contributed by atoms with Crippen LogP contribution in [-0.4, -0.2) is 0 Å². The molecule has 1 heterocycles.